The van der Waals surface area contributed by atoms with Gasteiger partial charge < -0.3 is 14.2 Å². The Bertz CT molecular complexity index is 778. The van der Waals surface area contributed by atoms with Gasteiger partial charge in [-0.3, -0.25) is 9.69 Å². The number of nitrogens with zero attached hydrogens (tertiary/aromatic N) is 3. The number of carbonyl (C=O) groups is 1. The molecule has 0 bridgehead atoms. The number of fused-ring (bicyclic) bond motifs is 1. The molecule has 0 radical (unpaired) electrons. The minimum Gasteiger partial charge on any atom is -0.497 e. The van der Waals surface area contributed by atoms with Crippen LogP contribution in [0, 0.1) is 0 Å². The standard InChI is InChI=1S/C21H29N3O2/c1-5-24(6-2)21(25)20-13-17-15-23(11-10-19(17)22(20)3)14-16-8-7-9-18(12-16)26-4/h7-9,12-13H,5-6,10-11,14-15H2,1-4H3. The van der Waals surface area contributed by atoms with E-state index in [0.29, 0.717) is 0 Å². The van der Waals surface area contributed by atoms with Gasteiger partial charge in [-0.25, -0.2) is 0 Å². The maximum atomic E-state index is 12.8. The van der Waals surface area contributed by atoms with E-state index in [-0.39, 0.29) is 5.91 Å². The van der Waals surface area contributed by atoms with Crippen molar-refractivity contribution in [2.75, 3.05) is 26.7 Å². The van der Waals surface area contributed by atoms with Crippen molar-refractivity contribution in [3.05, 3.63) is 52.8 Å². The van der Waals surface area contributed by atoms with E-state index < -0.39 is 0 Å². The molecule has 0 N–H and O–H groups in total. The lowest BCUT2D eigenvalue weighted by molar-refractivity contribution is 0.0763. The van der Waals surface area contributed by atoms with Crippen LogP contribution in [0.4, 0.5) is 0 Å². The Morgan fingerprint density at radius 3 is 2.69 bits per heavy atom. The smallest absolute Gasteiger partial charge is 0.270 e. The van der Waals surface area contributed by atoms with E-state index in [1.54, 1.807) is 7.11 Å². The molecule has 3 rings (SSSR count). The molecule has 26 heavy (non-hydrogen) atoms. The maximum Gasteiger partial charge on any atom is 0.270 e. The van der Waals surface area contributed by atoms with Gasteiger partial charge >= 0.3 is 0 Å². The largest absolute Gasteiger partial charge is 0.497 e. The molecule has 0 spiro atoms. The molecule has 1 aliphatic heterocycles. The molecule has 0 fully saturated rings. The topological polar surface area (TPSA) is 37.7 Å². The lowest BCUT2D eigenvalue weighted by atomic mass is 10.1. The number of hydrogen-bond acceptors (Lipinski definition) is 3. The summed E-state index contributed by atoms with van der Waals surface area (Å²) < 4.78 is 7.42. The van der Waals surface area contributed by atoms with Crippen LogP contribution < -0.4 is 4.74 Å². The zero-order valence-electron chi connectivity index (χ0n) is 16.3. The Morgan fingerprint density at radius 2 is 2.00 bits per heavy atom. The predicted octanol–water partition coefficient (Wildman–Crippen LogP) is 3.07. The molecule has 1 aromatic carbocycles. The van der Waals surface area contributed by atoms with Crippen molar-refractivity contribution in [3.63, 3.8) is 0 Å². The quantitative estimate of drug-likeness (QED) is 0.799. The molecule has 0 saturated carbocycles. The second kappa shape index (κ2) is 7.96. The third kappa shape index (κ3) is 3.63. The molecule has 1 aromatic heterocycles. The molecule has 1 aliphatic rings. The molecule has 2 heterocycles. The third-order valence-electron chi connectivity index (χ3n) is 5.32. The fourth-order valence-electron chi connectivity index (χ4n) is 3.80. The van der Waals surface area contributed by atoms with Crippen molar-refractivity contribution in [1.29, 1.82) is 0 Å². The lowest BCUT2D eigenvalue weighted by Gasteiger charge is -2.27. The van der Waals surface area contributed by atoms with Crippen LogP contribution in [0.3, 0.4) is 0 Å². The summed E-state index contributed by atoms with van der Waals surface area (Å²) in [5, 5.41) is 0. The Balaban J connectivity index is 1.76. The predicted molar refractivity (Wildman–Crippen MR) is 103 cm³/mol. The van der Waals surface area contributed by atoms with Crippen molar-refractivity contribution in [3.8, 4) is 5.75 Å². The van der Waals surface area contributed by atoms with Gasteiger partial charge in [0.1, 0.15) is 11.4 Å². The van der Waals surface area contributed by atoms with Crippen molar-refractivity contribution in [2.45, 2.75) is 33.4 Å². The number of rotatable bonds is 6. The van der Waals surface area contributed by atoms with Crippen LogP contribution in [0.15, 0.2) is 30.3 Å². The SMILES string of the molecule is CCN(CC)C(=O)c1cc2c(n1C)CCN(Cc1cccc(OC)c1)C2. The molecule has 0 unspecified atom stereocenters. The highest BCUT2D eigenvalue weighted by Crippen LogP contribution is 2.25. The van der Waals surface area contributed by atoms with Gasteiger partial charge in [0.15, 0.2) is 0 Å². The molecule has 5 heteroatoms. The normalized spacial score (nSPS) is 14.2. The summed E-state index contributed by atoms with van der Waals surface area (Å²) in [5.41, 5.74) is 4.63. The van der Waals surface area contributed by atoms with Gasteiger partial charge in [-0.1, -0.05) is 12.1 Å². The number of ether oxygens (including phenoxy) is 1. The van der Waals surface area contributed by atoms with Crippen LogP contribution in [0.5, 0.6) is 5.75 Å². The van der Waals surface area contributed by atoms with Crippen molar-refractivity contribution >= 4 is 5.91 Å². The average molecular weight is 355 g/mol. The molecule has 140 valence electrons. The Labute approximate surface area is 156 Å². The van der Waals surface area contributed by atoms with Gasteiger partial charge in [0.25, 0.3) is 5.91 Å². The monoisotopic (exact) mass is 355 g/mol. The van der Waals surface area contributed by atoms with Crippen LogP contribution in [0.25, 0.3) is 0 Å². The van der Waals surface area contributed by atoms with Crippen molar-refractivity contribution < 1.29 is 9.53 Å². The minimum atomic E-state index is 0.131. The van der Waals surface area contributed by atoms with E-state index in [1.807, 2.05) is 37.9 Å². The number of carbonyl (C=O) groups excluding carboxylic acids is 1. The second-order valence-corrected chi connectivity index (χ2v) is 6.85. The summed E-state index contributed by atoms with van der Waals surface area (Å²) in [6, 6.07) is 10.3. The summed E-state index contributed by atoms with van der Waals surface area (Å²) in [6.07, 6.45) is 0.974. The zero-order valence-corrected chi connectivity index (χ0v) is 16.3. The van der Waals surface area contributed by atoms with Crippen LogP contribution in [-0.2, 0) is 26.6 Å². The van der Waals surface area contributed by atoms with Gasteiger partial charge in [-0.15, -0.1) is 0 Å². The van der Waals surface area contributed by atoms with E-state index in [1.165, 1.54) is 16.8 Å². The first-order chi connectivity index (χ1) is 12.6. The molecular weight excluding hydrogens is 326 g/mol. The molecule has 1 amide bonds. The number of amides is 1. The highest BCUT2D eigenvalue weighted by molar-refractivity contribution is 5.93. The Kier molecular flexibility index (Phi) is 5.67. The van der Waals surface area contributed by atoms with Crippen molar-refractivity contribution in [1.82, 2.24) is 14.4 Å². The van der Waals surface area contributed by atoms with Crippen LogP contribution >= 0.6 is 0 Å². The van der Waals surface area contributed by atoms with Crippen LogP contribution in [0.2, 0.25) is 0 Å². The molecule has 5 nitrogen and oxygen atoms in total. The first kappa shape index (κ1) is 18.5. The molecule has 2 aromatic rings. The molecule has 0 atom stereocenters. The summed E-state index contributed by atoms with van der Waals surface area (Å²) in [5.74, 6) is 1.03. The van der Waals surface area contributed by atoms with Gasteiger partial charge in [0.05, 0.1) is 7.11 Å². The number of benzene rings is 1. The van der Waals surface area contributed by atoms with Crippen LogP contribution in [0.1, 0.15) is 41.2 Å². The highest BCUT2D eigenvalue weighted by atomic mass is 16.5. The van der Waals surface area contributed by atoms with E-state index in [2.05, 4.69) is 27.7 Å². The summed E-state index contributed by atoms with van der Waals surface area (Å²) in [4.78, 5) is 17.1. The first-order valence-electron chi connectivity index (χ1n) is 9.39. The molecule has 0 saturated heterocycles. The molecular formula is C21H29N3O2. The molecule has 0 aliphatic carbocycles. The van der Waals surface area contributed by atoms with E-state index in [4.69, 9.17) is 4.74 Å². The van der Waals surface area contributed by atoms with Gasteiger partial charge in [-0.2, -0.15) is 0 Å². The maximum absolute atomic E-state index is 12.8. The number of aromatic nitrogens is 1. The average Bonchev–Trinajstić information content (AvgIpc) is 2.99. The Morgan fingerprint density at radius 1 is 1.23 bits per heavy atom. The summed E-state index contributed by atoms with van der Waals surface area (Å²) >= 11 is 0. The van der Waals surface area contributed by atoms with E-state index in [0.717, 1.165) is 50.6 Å². The van der Waals surface area contributed by atoms with E-state index in [9.17, 15) is 4.79 Å². The summed E-state index contributed by atoms with van der Waals surface area (Å²) in [6.45, 7) is 8.32. The first-order valence-corrected chi connectivity index (χ1v) is 9.39. The third-order valence-corrected chi connectivity index (χ3v) is 5.32. The van der Waals surface area contributed by atoms with E-state index >= 15 is 0 Å². The van der Waals surface area contributed by atoms with Crippen molar-refractivity contribution in [2.24, 2.45) is 7.05 Å². The summed E-state index contributed by atoms with van der Waals surface area (Å²) in [7, 11) is 3.72. The highest BCUT2D eigenvalue weighted by Gasteiger charge is 2.25. The second-order valence-electron chi connectivity index (χ2n) is 6.85. The van der Waals surface area contributed by atoms with Gasteiger partial charge in [0, 0.05) is 51.9 Å². The zero-order chi connectivity index (χ0) is 18.7. The fourth-order valence-corrected chi connectivity index (χ4v) is 3.80. The number of hydrogen-bond donors (Lipinski definition) is 0. The fraction of sp³-hybridized carbons (Fsp3) is 0.476. The van der Waals surface area contributed by atoms with Gasteiger partial charge in [0.2, 0.25) is 0 Å². The van der Waals surface area contributed by atoms with Gasteiger partial charge in [-0.05, 0) is 43.2 Å². The van der Waals surface area contributed by atoms with Crippen LogP contribution in [-0.4, -0.2) is 47.0 Å². The number of methoxy groups -OCH3 is 1. The Hall–Kier alpha value is -2.27. The minimum absolute atomic E-state index is 0.131. The lowest BCUT2D eigenvalue weighted by Crippen LogP contribution is -2.32.